The maximum atomic E-state index is 14.3. The van der Waals surface area contributed by atoms with Gasteiger partial charge < -0.3 is 24.1 Å². The Morgan fingerprint density at radius 1 is 1.07 bits per heavy atom. The Bertz CT molecular complexity index is 1520. The Hall–Kier alpha value is -4.74. The van der Waals surface area contributed by atoms with Crippen LogP contribution in [0, 0.1) is 5.82 Å². The lowest BCUT2D eigenvalue weighted by Crippen LogP contribution is -2.48. The van der Waals surface area contributed by atoms with Gasteiger partial charge in [-0.3, -0.25) is 9.59 Å². The lowest BCUT2D eigenvalue weighted by molar-refractivity contribution is -0.142. The fourth-order valence-corrected chi connectivity index (χ4v) is 5.35. The van der Waals surface area contributed by atoms with Gasteiger partial charge in [-0.1, -0.05) is 37.5 Å². The summed E-state index contributed by atoms with van der Waals surface area (Å²) in [6, 6.07) is 14.0. The van der Waals surface area contributed by atoms with Crippen LogP contribution in [0.25, 0.3) is 11.4 Å². The van der Waals surface area contributed by atoms with Crippen molar-refractivity contribution in [3.05, 3.63) is 78.0 Å². The molecule has 11 nitrogen and oxygen atoms in total. The van der Waals surface area contributed by atoms with Crippen molar-refractivity contribution in [3.8, 4) is 22.9 Å². The zero-order valence-electron chi connectivity index (χ0n) is 24.2. The predicted molar refractivity (Wildman–Crippen MR) is 155 cm³/mol. The molecule has 0 radical (unpaired) electrons. The van der Waals surface area contributed by atoms with E-state index in [9.17, 15) is 14.0 Å². The fourth-order valence-electron chi connectivity index (χ4n) is 5.35. The number of aromatic nitrogens is 4. The van der Waals surface area contributed by atoms with Crippen molar-refractivity contribution in [2.45, 2.75) is 57.2 Å². The van der Waals surface area contributed by atoms with Crippen LogP contribution in [0.2, 0.25) is 0 Å². The van der Waals surface area contributed by atoms with Crippen molar-refractivity contribution in [1.82, 2.24) is 30.4 Å². The minimum Gasteiger partial charge on any atom is -0.493 e. The third kappa shape index (κ3) is 7.19. The van der Waals surface area contributed by atoms with Gasteiger partial charge in [0.2, 0.25) is 11.7 Å². The second-order valence-corrected chi connectivity index (χ2v) is 10.4. The topological polar surface area (TPSA) is 125 Å². The molecule has 1 aliphatic rings. The number of amides is 2. The normalized spacial score (nSPS) is 14.2. The molecule has 0 bridgehead atoms. The van der Waals surface area contributed by atoms with Gasteiger partial charge in [0.05, 0.1) is 26.0 Å². The second-order valence-electron chi connectivity index (χ2n) is 10.4. The predicted octanol–water partition coefficient (Wildman–Crippen LogP) is 4.35. The van der Waals surface area contributed by atoms with E-state index in [-0.39, 0.29) is 36.4 Å². The molecule has 5 rings (SSSR count). The van der Waals surface area contributed by atoms with E-state index in [4.69, 9.17) is 13.9 Å². The number of nitrogens with zero attached hydrogens (tertiary/aromatic N) is 5. The molecule has 0 unspecified atom stereocenters. The molecule has 2 aromatic heterocycles. The van der Waals surface area contributed by atoms with Crippen molar-refractivity contribution >= 4 is 11.8 Å². The molecule has 2 aromatic carbocycles. The van der Waals surface area contributed by atoms with Gasteiger partial charge in [0.25, 0.3) is 5.91 Å². The Balaban J connectivity index is 1.43. The van der Waals surface area contributed by atoms with E-state index in [1.54, 1.807) is 44.6 Å². The minimum atomic E-state index is -1.03. The molecule has 12 heteroatoms. The Morgan fingerprint density at radius 3 is 2.58 bits per heavy atom. The highest BCUT2D eigenvalue weighted by molar-refractivity contribution is 5.88. The highest BCUT2D eigenvalue weighted by Gasteiger charge is 2.35. The minimum absolute atomic E-state index is 0.0295. The number of tetrazole rings is 1. The first-order valence-corrected chi connectivity index (χ1v) is 14.3. The molecule has 0 spiro atoms. The molecule has 1 N–H and O–H groups in total. The van der Waals surface area contributed by atoms with Crippen molar-refractivity contribution in [2.24, 2.45) is 0 Å². The quantitative estimate of drug-likeness (QED) is 0.258. The molecule has 1 atom stereocenters. The van der Waals surface area contributed by atoms with Crippen LogP contribution in [-0.2, 0) is 22.6 Å². The fraction of sp³-hybridized carbons (Fsp3) is 0.387. The first-order valence-electron chi connectivity index (χ1n) is 14.3. The van der Waals surface area contributed by atoms with E-state index < -0.39 is 17.8 Å². The van der Waals surface area contributed by atoms with Crippen LogP contribution in [0.3, 0.4) is 0 Å². The molecule has 0 aliphatic heterocycles. The average molecular weight is 591 g/mol. The van der Waals surface area contributed by atoms with Gasteiger partial charge in [0.1, 0.15) is 18.1 Å². The van der Waals surface area contributed by atoms with Crippen LogP contribution in [-0.4, -0.2) is 63.7 Å². The van der Waals surface area contributed by atoms with E-state index in [2.05, 4.69) is 20.7 Å². The highest BCUT2D eigenvalue weighted by Crippen LogP contribution is 2.29. The summed E-state index contributed by atoms with van der Waals surface area (Å²) in [7, 11) is 3.12. The molecule has 2 heterocycles. The molecule has 1 fully saturated rings. The van der Waals surface area contributed by atoms with Crippen LogP contribution >= 0.6 is 0 Å². The Kier molecular flexibility index (Phi) is 9.65. The van der Waals surface area contributed by atoms with Crippen LogP contribution in [0.1, 0.15) is 49.5 Å². The van der Waals surface area contributed by atoms with Crippen LogP contribution in [0.5, 0.6) is 11.5 Å². The van der Waals surface area contributed by atoms with E-state index in [1.807, 2.05) is 12.1 Å². The summed E-state index contributed by atoms with van der Waals surface area (Å²) in [5.41, 5.74) is 1.05. The number of methoxy groups -OCH3 is 2. The summed E-state index contributed by atoms with van der Waals surface area (Å²) < 4.78 is 30.8. The first-order chi connectivity index (χ1) is 21.0. The zero-order valence-corrected chi connectivity index (χ0v) is 24.2. The van der Waals surface area contributed by atoms with Gasteiger partial charge in [-0.2, -0.15) is 4.80 Å². The number of carbonyl (C=O) groups excluding carboxylic acids is 2. The van der Waals surface area contributed by atoms with Crippen molar-refractivity contribution in [1.29, 1.82) is 0 Å². The van der Waals surface area contributed by atoms with E-state index in [1.165, 1.54) is 23.3 Å². The smallest absolute Gasteiger partial charge is 0.250 e. The number of benzene rings is 2. The van der Waals surface area contributed by atoms with Crippen LogP contribution < -0.4 is 14.8 Å². The number of carbonyl (C=O) groups is 2. The first kappa shape index (κ1) is 29.7. The molecule has 43 heavy (non-hydrogen) atoms. The monoisotopic (exact) mass is 590 g/mol. The number of nitrogens with one attached hydrogen (secondary N) is 1. The summed E-state index contributed by atoms with van der Waals surface area (Å²) in [4.78, 5) is 30.4. The number of rotatable bonds is 12. The van der Waals surface area contributed by atoms with E-state index in [0.717, 1.165) is 42.5 Å². The lowest BCUT2D eigenvalue weighted by atomic mass is 9.95. The summed E-state index contributed by atoms with van der Waals surface area (Å²) in [6.45, 7) is -0.145. The molecular weight excluding hydrogens is 555 g/mol. The Morgan fingerprint density at radius 2 is 1.86 bits per heavy atom. The Labute approximate surface area is 249 Å². The van der Waals surface area contributed by atoms with Crippen LogP contribution in [0.15, 0.2) is 65.3 Å². The van der Waals surface area contributed by atoms with Crippen molar-refractivity contribution < 1.29 is 27.9 Å². The summed E-state index contributed by atoms with van der Waals surface area (Å²) in [6.07, 6.45) is 6.89. The number of furan rings is 1. The SMILES string of the molecule is COc1ccc(CCN(C(=O)Cn2nnc(-c3ccccc3F)n2)[C@H](C(=O)NC2CCCCC2)c2ccco2)cc1OC. The summed E-state index contributed by atoms with van der Waals surface area (Å²) >= 11 is 0. The van der Waals surface area contributed by atoms with Gasteiger partial charge >= 0.3 is 0 Å². The van der Waals surface area contributed by atoms with Crippen molar-refractivity contribution in [2.75, 3.05) is 20.8 Å². The summed E-state index contributed by atoms with van der Waals surface area (Å²) in [5, 5.41) is 15.3. The maximum Gasteiger partial charge on any atom is 0.250 e. The summed E-state index contributed by atoms with van der Waals surface area (Å²) in [5.74, 6) is 0.292. The zero-order chi connectivity index (χ0) is 30.2. The number of hydrogen-bond donors (Lipinski definition) is 1. The molecule has 0 saturated heterocycles. The number of hydrogen-bond acceptors (Lipinski definition) is 8. The maximum absolute atomic E-state index is 14.3. The molecule has 2 amide bonds. The van der Waals surface area contributed by atoms with E-state index >= 15 is 0 Å². The standard InChI is InChI=1S/C31H35FN6O5/c1-41-25-15-14-21(19-27(25)42-2)16-17-37(28(39)20-38-35-30(34-36-38)23-11-6-7-12-24(23)32)29(26-13-8-18-43-26)31(40)33-22-9-4-3-5-10-22/h6-8,11-15,18-19,22,29H,3-5,9-10,16-17,20H2,1-2H3,(H,33,40)/t29-/m0/s1. The molecule has 1 aliphatic carbocycles. The highest BCUT2D eigenvalue weighted by atomic mass is 19.1. The molecule has 1 saturated carbocycles. The van der Waals surface area contributed by atoms with Crippen LogP contribution in [0.4, 0.5) is 4.39 Å². The van der Waals surface area contributed by atoms with Crippen molar-refractivity contribution in [3.63, 3.8) is 0 Å². The molecule has 226 valence electrons. The largest absolute Gasteiger partial charge is 0.493 e. The second kappa shape index (κ2) is 14.0. The van der Waals surface area contributed by atoms with Gasteiger partial charge in [-0.15, -0.1) is 10.2 Å². The van der Waals surface area contributed by atoms with Gasteiger partial charge in [0.15, 0.2) is 17.5 Å². The molecular formula is C31H35FN6O5. The van der Waals surface area contributed by atoms with E-state index in [0.29, 0.717) is 23.7 Å². The third-order valence-electron chi connectivity index (χ3n) is 7.58. The van der Waals surface area contributed by atoms with Gasteiger partial charge in [-0.25, -0.2) is 4.39 Å². The number of halogens is 1. The van der Waals surface area contributed by atoms with Gasteiger partial charge in [0, 0.05) is 12.6 Å². The average Bonchev–Trinajstić information content (AvgIpc) is 3.72. The molecule has 4 aromatic rings. The van der Waals surface area contributed by atoms with Gasteiger partial charge in [-0.05, 0) is 66.4 Å². The third-order valence-corrected chi connectivity index (χ3v) is 7.58. The lowest BCUT2D eigenvalue weighted by Gasteiger charge is -2.32. The number of ether oxygens (including phenoxy) is 2.